The fraction of sp³-hybridized carbons (Fsp3) is 0.444. The summed E-state index contributed by atoms with van der Waals surface area (Å²) in [5.74, 6) is 1.66. The topological polar surface area (TPSA) is 78.9 Å². The Labute approximate surface area is 155 Å². The van der Waals surface area contributed by atoms with Crippen molar-refractivity contribution in [3.8, 4) is 17.2 Å². The molecule has 0 aromatic carbocycles. The van der Waals surface area contributed by atoms with Crippen molar-refractivity contribution in [3.63, 3.8) is 0 Å². The lowest BCUT2D eigenvalue weighted by atomic mass is 10.1. The number of carbonyl (C=O) groups excluding carboxylic acids is 1. The SMILES string of the molecule is Cc1ccc(O[C@H]2COCC[C@H]2NC(=O)c2scc3c2OCCO3)cn1. The fourth-order valence-corrected chi connectivity index (χ4v) is 3.78. The number of amides is 1. The quantitative estimate of drug-likeness (QED) is 0.881. The van der Waals surface area contributed by atoms with Gasteiger partial charge in [-0.05, 0) is 25.5 Å². The summed E-state index contributed by atoms with van der Waals surface area (Å²) < 4.78 is 22.6. The van der Waals surface area contributed by atoms with E-state index in [1.54, 1.807) is 11.6 Å². The Balaban J connectivity index is 1.45. The highest BCUT2D eigenvalue weighted by atomic mass is 32.1. The van der Waals surface area contributed by atoms with Crippen molar-refractivity contribution < 1.29 is 23.7 Å². The molecule has 7 nitrogen and oxygen atoms in total. The first-order valence-electron chi connectivity index (χ1n) is 8.56. The summed E-state index contributed by atoms with van der Waals surface area (Å²) in [6.45, 7) is 3.88. The summed E-state index contributed by atoms with van der Waals surface area (Å²) in [6.07, 6.45) is 2.09. The lowest BCUT2D eigenvalue weighted by Crippen LogP contribution is -2.51. The molecule has 1 amide bonds. The molecule has 0 radical (unpaired) electrons. The molecule has 0 bridgehead atoms. The van der Waals surface area contributed by atoms with Crippen LogP contribution in [0.5, 0.6) is 17.2 Å². The maximum Gasteiger partial charge on any atom is 0.265 e. The van der Waals surface area contributed by atoms with Gasteiger partial charge in [0.15, 0.2) is 11.5 Å². The Morgan fingerprint density at radius 2 is 2.19 bits per heavy atom. The third-order valence-electron chi connectivity index (χ3n) is 4.30. The molecule has 2 aliphatic rings. The maximum atomic E-state index is 12.7. The van der Waals surface area contributed by atoms with Crippen LogP contribution in [-0.4, -0.2) is 49.5 Å². The molecular weight excluding hydrogens is 356 g/mol. The minimum atomic E-state index is -0.273. The van der Waals surface area contributed by atoms with Gasteiger partial charge in [0.05, 0.1) is 18.8 Å². The average molecular weight is 376 g/mol. The number of nitrogens with zero attached hydrogens (tertiary/aromatic N) is 1. The molecular formula is C18H20N2O5S. The van der Waals surface area contributed by atoms with Crippen molar-refractivity contribution in [1.29, 1.82) is 0 Å². The van der Waals surface area contributed by atoms with Crippen molar-refractivity contribution >= 4 is 17.2 Å². The Kier molecular flexibility index (Phi) is 4.94. The summed E-state index contributed by atoms with van der Waals surface area (Å²) in [7, 11) is 0. The summed E-state index contributed by atoms with van der Waals surface area (Å²) in [5, 5.41) is 4.87. The van der Waals surface area contributed by atoms with E-state index in [-0.39, 0.29) is 18.1 Å². The van der Waals surface area contributed by atoms with Crippen molar-refractivity contribution in [1.82, 2.24) is 10.3 Å². The number of fused-ring (bicyclic) bond motifs is 1. The first kappa shape index (κ1) is 17.1. The van der Waals surface area contributed by atoms with Crippen molar-refractivity contribution in [2.75, 3.05) is 26.4 Å². The van der Waals surface area contributed by atoms with Crippen molar-refractivity contribution in [3.05, 3.63) is 34.3 Å². The van der Waals surface area contributed by atoms with Gasteiger partial charge in [-0.3, -0.25) is 9.78 Å². The van der Waals surface area contributed by atoms with Gasteiger partial charge >= 0.3 is 0 Å². The largest absolute Gasteiger partial charge is 0.485 e. The summed E-state index contributed by atoms with van der Waals surface area (Å²) in [6, 6.07) is 3.61. The Morgan fingerprint density at radius 3 is 3.04 bits per heavy atom. The Bertz CT molecular complexity index is 776. The molecule has 0 unspecified atom stereocenters. The van der Waals surface area contributed by atoms with Crippen LogP contribution >= 0.6 is 11.3 Å². The van der Waals surface area contributed by atoms with Crippen LogP contribution in [0.2, 0.25) is 0 Å². The van der Waals surface area contributed by atoms with Gasteiger partial charge in [-0.2, -0.15) is 0 Å². The number of ether oxygens (including phenoxy) is 4. The molecule has 1 N–H and O–H groups in total. The number of hydrogen-bond acceptors (Lipinski definition) is 7. The monoisotopic (exact) mass is 376 g/mol. The number of carbonyl (C=O) groups is 1. The Hall–Kier alpha value is -2.32. The van der Waals surface area contributed by atoms with E-state index in [0.29, 0.717) is 55.0 Å². The molecule has 4 rings (SSSR count). The lowest BCUT2D eigenvalue weighted by Gasteiger charge is -2.32. The highest BCUT2D eigenvalue weighted by Gasteiger charge is 2.31. The molecule has 1 fully saturated rings. The second-order valence-electron chi connectivity index (χ2n) is 6.19. The lowest BCUT2D eigenvalue weighted by molar-refractivity contribution is -0.0136. The number of rotatable bonds is 4. The van der Waals surface area contributed by atoms with Crippen LogP contribution in [0, 0.1) is 6.92 Å². The van der Waals surface area contributed by atoms with Crippen LogP contribution in [0.4, 0.5) is 0 Å². The Morgan fingerprint density at radius 1 is 1.31 bits per heavy atom. The molecule has 26 heavy (non-hydrogen) atoms. The molecule has 1 saturated heterocycles. The van der Waals surface area contributed by atoms with E-state index in [4.69, 9.17) is 18.9 Å². The fourth-order valence-electron chi connectivity index (χ4n) is 2.95. The number of aryl methyl sites for hydroxylation is 1. The smallest absolute Gasteiger partial charge is 0.265 e. The second kappa shape index (κ2) is 7.51. The minimum Gasteiger partial charge on any atom is -0.485 e. The predicted molar refractivity (Wildman–Crippen MR) is 95.4 cm³/mol. The van der Waals surface area contributed by atoms with Gasteiger partial charge < -0.3 is 24.3 Å². The second-order valence-corrected chi connectivity index (χ2v) is 7.07. The van der Waals surface area contributed by atoms with Gasteiger partial charge in [0.2, 0.25) is 0 Å². The van der Waals surface area contributed by atoms with Gasteiger partial charge in [0.1, 0.15) is 29.9 Å². The van der Waals surface area contributed by atoms with Crippen LogP contribution in [0.1, 0.15) is 21.8 Å². The molecule has 0 aliphatic carbocycles. The number of thiophene rings is 1. The van der Waals surface area contributed by atoms with E-state index in [0.717, 1.165) is 5.69 Å². The minimum absolute atomic E-state index is 0.153. The van der Waals surface area contributed by atoms with E-state index in [1.807, 2.05) is 19.1 Å². The van der Waals surface area contributed by atoms with Gasteiger partial charge in [-0.1, -0.05) is 0 Å². The molecule has 0 spiro atoms. The van der Waals surface area contributed by atoms with Crippen LogP contribution in [0.3, 0.4) is 0 Å². The predicted octanol–water partition coefficient (Wildman–Crippen LogP) is 2.19. The molecule has 2 aliphatic heterocycles. The average Bonchev–Trinajstić information content (AvgIpc) is 3.09. The zero-order valence-electron chi connectivity index (χ0n) is 14.4. The molecule has 138 valence electrons. The molecule has 2 aromatic heterocycles. The summed E-state index contributed by atoms with van der Waals surface area (Å²) in [5.41, 5.74) is 0.923. The van der Waals surface area contributed by atoms with Gasteiger partial charge in [-0.15, -0.1) is 11.3 Å². The third kappa shape index (κ3) is 3.61. The molecule has 8 heteroatoms. The molecule has 4 heterocycles. The van der Waals surface area contributed by atoms with Crippen molar-refractivity contribution in [2.45, 2.75) is 25.5 Å². The first-order valence-corrected chi connectivity index (χ1v) is 9.43. The molecule has 0 saturated carbocycles. The molecule has 2 aromatic rings. The summed E-state index contributed by atoms with van der Waals surface area (Å²) in [4.78, 5) is 17.5. The van der Waals surface area contributed by atoms with Gasteiger partial charge in [0, 0.05) is 17.7 Å². The molecule has 2 atom stereocenters. The van der Waals surface area contributed by atoms with Crippen LogP contribution in [0.25, 0.3) is 0 Å². The standard InChI is InChI=1S/C18H20N2O5S/c1-11-2-3-12(8-19-11)25-14-9-22-5-4-13(14)20-18(21)17-16-15(10-26-17)23-6-7-24-16/h2-3,8,10,13-14H,4-7,9H2,1H3,(H,20,21)/t13-,14+/m1/s1. The van der Waals surface area contributed by atoms with E-state index in [1.165, 1.54) is 11.3 Å². The zero-order valence-corrected chi connectivity index (χ0v) is 15.2. The number of hydrogen-bond donors (Lipinski definition) is 1. The number of pyridine rings is 1. The van der Waals surface area contributed by atoms with Crippen LogP contribution in [-0.2, 0) is 4.74 Å². The highest BCUT2D eigenvalue weighted by molar-refractivity contribution is 7.12. The van der Waals surface area contributed by atoms with Gasteiger partial charge in [0.25, 0.3) is 5.91 Å². The zero-order chi connectivity index (χ0) is 17.9. The number of nitrogens with one attached hydrogen (secondary N) is 1. The van der Waals surface area contributed by atoms with Crippen molar-refractivity contribution in [2.24, 2.45) is 0 Å². The van der Waals surface area contributed by atoms with Gasteiger partial charge in [-0.25, -0.2) is 0 Å². The van der Waals surface area contributed by atoms with E-state index in [9.17, 15) is 4.79 Å². The third-order valence-corrected chi connectivity index (χ3v) is 5.24. The van der Waals surface area contributed by atoms with Crippen LogP contribution < -0.4 is 19.5 Å². The highest BCUT2D eigenvalue weighted by Crippen LogP contribution is 2.39. The van der Waals surface area contributed by atoms with E-state index in [2.05, 4.69) is 10.3 Å². The number of aromatic nitrogens is 1. The first-order chi connectivity index (χ1) is 12.7. The van der Waals surface area contributed by atoms with E-state index >= 15 is 0 Å². The maximum absolute atomic E-state index is 12.7. The van der Waals surface area contributed by atoms with Crippen LogP contribution in [0.15, 0.2) is 23.7 Å². The normalized spacial score (nSPS) is 21.9. The summed E-state index contributed by atoms with van der Waals surface area (Å²) >= 11 is 1.32. The van der Waals surface area contributed by atoms with E-state index < -0.39 is 0 Å².